The Hall–Kier alpha value is -1.37. The van der Waals surface area contributed by atoms with Crippen molar-refractivity contribution in [1.29, 1.82) is 0 Å². The first-order valence-corrected chi connectivity index (χ1v) is 5.18. The van der Waals surface area contributed by atoms with Gasteiger partial charge in [-0.3, -0.25) is 11.3 Å². The second-order valence-corrected chi connectivity index (χ2v) is 4.36. The number of terminal acetylenes is 1. The minimum atomic E-state index is -0.242. The Morgan fingerprint density at radius 2 is 2.00 bits per heavy atom. The number of halogens is 1. The minimum absolute atomic E-state index is 0.0389. The van der Waals surface area contributed by atoms with E-state index in [2.05, 4.69) is 11.3 Å². The van der Waals surface area contributed by atoms with Crippen LogP contribution in [0.15, 0.2) is 24.3 Å². The summed E-state index contributed by atoms with van der Waals surface area (Å²) in [6, 6.07) is 6.37. The van der Waals surface area contributed by atoms with Crippen molar-refractivity contribution in [2.75, 3.05) is 0 Å². The van der Waals surface area contributed by atoms with Gasteiger partial charge in [-0.15, -0.1) is 12.3 Å². The van der Waals surface area contributed by atoms with Crippen molar-refractivity contribution in [3.05, 3.63) is 35.6 Å². The van der Waals surface area contributed by atoms with Gasteiger partial charge in [0.15, 0.2) is 0 Å². The molecule has 2 nitrogen and oxygen atoms in total. The lowest BCUT2D eigenvalue weighted by atomic mass is 9.77. The number of hydrazine groups is 1. The van der Waals surface area contributed by atoms with Crippen LogP contribution < -0.4 is 11.3 Å². The van der Waals surface area contributed by atoms with E-state index in [1.165, 1.54) is 12.1 Å². The lowest BCUT2D eigenvalue weighted by Crippen LogP contribution is -2.47. The SMILES string of the molecule is C#CCC(NN)C(C)(C)c1ccc(F)cc1. The van der Waals surface area contributed by atoms with Crippen molar-refractivity contribution < 1.29 is 4.39 Å². The normalized spacial score (nSPS) is 13.2. The van der Waals surface area contributed by atoms with Gasteiger partial charge in [-0.2, -0.15) is 0 Å². The van der Waals surface area contributed by atoms with Crippen LogP contribution in [0.5, 0.6) is 0 Å². The highest BCUT2D eigenvalue weighted by Crippen LogP contribution is 2.28. The average molecular weight is 220 g/mol. The van der Waals surface area contributed by atoms with Crippen molar-refractivity contribution >= 4 is 0 Å². The summed E-state index contributed by atoms with van der Waals surface area (Å²) in [6.07, 6.45) is 5.83. The Balaban J connectivity index is 2.99. The third-order valence-electron chi connectivity index (χ3n) is 2.98. The molecule has 0 amide bonds. The number of hydrogen-bond acceptors (Lipinski definition) is 2. The Labute approximate surface area is 96.0 Å². The molecule has 0 spiro atoms. The van der Waals surface area contributed by atoms with E-state index >= 15 is 0 Å². The summed E-state index contributed by atoms with van der Waals surface area (Å²) in [5, 5.41) is 0. The molecule has 86 valence electrons. The second kappa shape index (κ2) is 5.11. The Morgan fingerprint density at radius 1 is 1.44 bits per heavy atom. The quantitative estimate of drug-likeness (QED) is 0.462. The number of nitrogens with one attached hydrogen (secondary N) is 1. The molecule has 3 heteroatoms. The maximum Gasteiger partial charge on any atom is 0.123 e. The van der Waals surface area contributed by atoms with E-state index in [1.54, 1.807) is 12.1 Å². The average Bonchev–Trinajstić information content (AvgIpc) is 2.26. The van der Waals surface area contributed by atoms with Gasteiger partial charge < -0.3 is 0 Å². The van der Waals surface area contributed by atoms with Crippen molar-refractivity contribution in [3.8, 4) is 12.3 Å². The third kappa shape index (κ3) is 2.60. The fraction of sp³-hybridized carbons (Fsp3) is 0.385. The van der Waals surface area contributed by atoms with Crippen molar-refractivity contribution in [2.24, 2.45) is 5.84 Å². The predicted molar refractivity (Wildman–Crippen MR) is 64.0 cm³/mol. The lowest BCUT2D eigenvalue weighted by Gasteiger charge is -2.33. The van der Waals surface area contributed by atoms with Crippen LogP contribution in [-0.4, -0.2) is 6.04 Å². The summed E-state index contributed by atoms with van der Waals surface area (Å²) in [5.74, 6) is 7.84. The molecule has 0 aliphatic heterocycles. The lowest BCUT2D eigenvalue weighted by molar-refractivity contribution is 0.349. The summed E-state index contributed by atoms with van der Waals surface area (Å²) in [4.78, 5) is 0. The monoisotopic (exact) mass is 220 g/mol. The van der Waals surface area contributed by atoms with Gasteiger partial charge >= 0.3 is 0 Å². The van der Waals surface area contributed by atoms with Crippen LogP contribution in [0.1, 0.15) is 25.8 Å². The van der Waals surface area contributed by atoms with Gasteiger partial charge in [-0.05, 0) is 17.7 Å². The highest BCUT2D eigenvalue weighted by molar-refractivity contribution is 5.27. The molecule has 0 bridgehead atoms. The molecular formula is C13H17FN2. The van der Waals surface area contributed by atoms with Crippen LogP contribution in [0.25, 0.3) is 0 Å². The van der Waals surface area contributed by atoms with Gasteiger partial charge in [0.25, 0.3) is 0 Å². The van der Waals surface area contributed by atoms with Gasteiger partial charge in [-0.25, -0.2) is 4.39 Å². The van der Waals surface area contributed by atoms with Crippen LogP contribution in [0, 0.1) is 18.2 Å². The molecule has 0 aromatic heterocycles. The largest absolute Gasteiger partial charge is 0.271 e. The van der Waals surface area contributed by atoms with E-state index in [4.69, 9.17) is 12.3 Å². The topological polar surface area (TPSA) is 38.0 Å². The molecule has 0 heterocycles. The molecule has 1 atom stereocenters. The van der Waals surface area contributed by atoms with E-state index in [0.717, 1.165) is 5.56 Å². The molecule has 1 aromatic carbocycles. The van der Waals surface area contributed by atoms with Gasteiger partial charge in [0.05, 0.1) is 0 Å². The summed E-state index contributed by atoms with van der Waals surface area (Å²) in [7, 11) is 0. The summed E-state index contributed by atoms with van der Waals surface area (Å²) in [6.45, 7) is 4.06. The van der Waals surface area contributed by atoms with Crippen LogP contribution in [0.4, 0.5) is 4.39 Å². The first-order valence-electron chi connectivity index (χ1n) is 5.18. The third-order valence-corrected chi connectivity index (χ3v) is 2.98. The van der Waals surface area contributed by atoms with Crippen molar-refractivity contribution in [1.82, 2.24) is 5.43 Å². The van der Waals surface area contributed by atoms with Gasteiger partial charge in [0, 0.05) is 17.9 Å². The molecule has 16 heavy (non-hydrogen) atoms. The smallest absolute Gasteiger partial charge is 0.123 e. The molecule has 0 aliphatic rings. The summed E-state index contributed by atoms with van der Waals surface area (Å²) >= 11 is 0. The predicted octanol–water partition coefficient (Wildman–Crippen LogP) is 1.96. The van der Waals surface area contributed by atoms with E-state index in [9.17, 15) is 4.39 Å². The zero-order valence-electron chi connectivity index (χ0n) is 9.63. The molecule has 3 N–H and O–H groups in total. The second-order valence-electron chi connectivity index (χ2n) is 4.36. The zero-order valence-corrected chi connectivity index (χ0v) is 9.63. The van der Waals surface area contributed by atoms with E-state index in [1.807, 2.05) is 13.8 Å². The summed E-state index contributed by atoms with van der Waals surface area (Å²) < 4.78 is 12.8. The Kier molecular flexibility index (Phi) is 4.05. The van der Waals surface area contributed by atoms with Crippen LogP contribution >= 0.6 is 0 Å². The molecule has 0 aliphatic carbocycles. The van der Waals surface area contributed by atoms with E-state index in [-0.39, 0.29) is 17.3 Å². The van der Waals surface area contributed by atoms with E-state index < -0.39 is 0 Å². The van der Waals surface area contributed by atoms with Crippen LogP contribution in [0.2, 0.25) is 0 Å². The first-order chi connectivity index (χ1) is 7.52. The van der Waals surface area contributed by atoms with Gasteiger partial charge in [0.2, 0.25) is 0 Å². The Morgan fingerprint density at radius 3 is 2.44 bits per heavy atom. The molecule has 0 saturated heterocycles. The molecule has 1 rings (SSSR count). The zero-order chi connectivity index (χ0) is 12.2. The van der Waals surface area contributed by atoms with E-state index in [0.29, 0.717) is 6.42 Å². The highest BCUT2D eigenvalue weighted by atomic mass is 19.1. The summed E-state index contributed by atoms with van der Waals surface area (Å²) in [5.41, 5.74) is 3.49. The first kappa shape index (κ1) is 12.7. The maximum atomic E-state index is 12.8. The molecule has 0 radical (unpaired) electrons. The van der Waals surface area contributed by atoms with Crippen LogP contribution in [0.3, 0.4) is 0 Å². The molecule has 1 aromatic rings. The number of benzene rings is 1. The van der Waals surface area contributed by atoms with Crippen LogP contribution in [-0.2, 0) is 5.41 Å². The fourth-order valence-electron chi connectivity index (χ4n) is 1.72. The maximum absolute atomic E-state index is 12.8. The molecular weight excluding hydrogens is 203 g/mol. The molecule has 0 fully saturated rings. The van der Waals surface area contributed by atoms with Gasteiger partial charge in [0.1, 0.15) is 5.82 Å². The fourth-order valence-corrected chi connectivity index (χ4v) is 1.72. The highest BCUT2D eigenvalue weighted by Gasteiger charge is 2.29. The molecule has 1 unspecified atom stereocenters. The molecule has 0 saturated carbocycles. The van der Waals surface area contributed by atoms with Crippen molar-refractivity contribution in [2.45, 2.75) is 31.7 Å². The number of rotatable bonds is 4. The number of nitrogens with two attached hydrogens (primary N) is 1. The minimum Gasteiger partial charge on any atom is -0.271 e. The number of hydrogen-bond donors (Lipinski definition) is 2. The standard InChI is InChI=1S/C13H17FN2/c1-4-5-12(16-15)13(2,3)10-6-8-11(14)9-7-10/h1,6-9,12,16H,5,15H2,2-3H3. The Bertz CT molecular complexity index is 376. The van der Waals surface area contributed by atoms with Crippen molar-refractivity contribution in [3.63, 3.8) is 0 Å². The van der Waals surface area contributed by atoms with Gasteiger partial charge in [-0.1, -0.05) is 26.0 Å².